The Hall–Kier alpha value is -3.19. The smallest absolute Gasteiger partial charge is 0.277 e. The molecule has 0 spiro atoms. The van der Waals surface area contributed by atoms with E-state index in [9.17, 15) is 4.79 Å². The summed E-state index contributed by atoms with van der Waals surface area (Å²) in [7, 11) is 0. The summed E-state index contributed by atoms with van der Waals surface area (Å²) >= 11 is 0. The van der Waals surface area contributed by atoms with Gasteiger partial charge in [0.2, 0.25) is 5.95 Å². The Kier molecular flexibility index (Phi) is 6.13. The number of nitrogens with two attached hydrogens (primary N) is 1. The maximum Gasteiger partial charge on any atom is 0.277 e. The molecule has 1 atom stereocenters. The molecule has 34 heavy (non-hydrogen) atoms. The first-order valence-corrected chi connectivity index (χ1v) is 12.3. The lowest BCUT2D eigenvalue weighted by Gasteiger charge is -2.31. The molecule has 4 heterocycles. The average molecular weight is 459 g/mol. The number of pyridine rings is 1. The van der Waals surface area contributed by atoms with Crippen LogP contribution in [0.5, 0.6) is 0 Å². The zero-order chi connectivity index (χ0) is 23.8. The normalized spacial score (nSPS) is 18.5. The highest BCUT2D eigenvalue weighted by molar-refractivity contribution is 5.90. The minimum Gasteiger partial charge on any atom is -0.341 e. The number of benzene rings is 1. The van der Waals surface area contributed by atoms with Gasteiger partial charge in [0.1, 0.15) is 11.0 Å². The number of imidazole rings is 1. The van der Waals surface area contributed by atoms with Crippen molar-refractivity contribution < 1.29 is 0 Å². The van der Waals surface area contributed by atoms with Crippen LogP contribution in [0.2, 0.25) is 0 Å². The number of nitrogens with zero attached hydrogens (tertiary/aromatic N) is 5. The average Bonchev–Trinajstić information content (AvgIpc) is 3.23. The first-order valence-electron chi connectivity index (χ1n) is 12.3. The van der Waals surface area contributed by atoms with Crippen LogP contribution in [0.1, 0.15) is 43.0 Å². The van der Waals surface area contributed by atoms with Crippen LogP contribution >= 0.6 is 0 Å². The summed E-state index contributed by atoms with van der Waals surface area (Å²) in [6.45, 7) is 8.90. The zero-order valence-electron chi connectivity index (χ0n) is 20.4. The summed E-state index contributed by atoms with van der Waals surface area (Å²) in [6, 6.07) is 8.41. The Morgan fingerprint density at radius 1 is 1.18 bits per heavy atom. The molecule has 2 aromatic heterocycles. The molecule has 7 nitrogen and oxygen atoms in total. The SMILES string of the molecule is CC=CCn1c(N2CCCC(N)C2)nc2c(C)c(C)n(CC3=Nc4ccccc4CC3)c(=O)c21. The molecule has 0 saturated carbocycles. The Bertz CT molecular complexity index is 1350. The van der Waals surface area contributed by atoms with Crippen molar-refractivity contribution in [1.29, 1.82) is 0 Å². The molecule has 0 aliphatic carbocycles. The first kappa shape index (κ1) is 22.6. The van der Waals surface area contributed by atoms with Gasteiger partial charge in [-0.3, -0.25) is 9.79 Å². The Labute approximate surface area is 200 Å². The first-order chi connectivity index (χ1) is 16.5. The van der Waals surface area contributed by atoms with E-state index in [1.54, 1.807) is 0 Å². The molecule has 1 unspecified atom stereocenters. The third kappa shape index (κ3) is 3.98. The van der Waals surface area contributed by atoms with Crippen LogP contribution in [0.25, 0.3) is 11.0 Å². The van der Waals surface area contributed by atoms with E-state index in [2.05, 4.69) is 40.7 Å². The number of aromatic nitrogens is 3. The lowest BCUT2D eigenvalue weighted by atomic mass is 10.0. The summed E-state index contributed by atoms with van der Waals surface area (Å²) in [4.78, 5) is 26.1. The highest BCUT2D eigenvalue weighted by atomic mass is 16.1. The molecule has 2 aliphatic rings. The number of fused-ring (bicyclic) bond motifs is 2. The lowest BCUT2D eigenvalue weighted by molar-refractivity contribution is 0.495. The third-order valence-electron chi connectivity index (χ3n) is 7.26. The van der Waals surface area contributed by atoms with E-state index in [0.29, 0.717) is 18.6 Å². The molecule has 178 valence electrons. The van der Waals surface area contributed by atoms with Gasteiger partial charge in [-0.25, -0.2) is 4.98 Å². The molecule has 0 amide bonds. The topological polar surface area (TPSA) is 81.4 Å². The number of hydrogen-bond donors (Lipinski definition) is 1. The predicted molar refractivity (Wildman–Crippen MR) is 140 cm³/mol. The van der Waals surface area contributed by atoms with Gasteiger partial charge in [0, 0.05) is 37.1 Å². The number of hydrogen-bond acceptors (Lipinski definition) is 5. The number of allylic oxidation sites excluding steroid dienone is 2. The molecule has 5 rings (SSSR count). The van der Waals surface area contributed by atoms with Crippen LogP contribution in [0.3, 0.4) is 0 Å². The maximum atomic E-state index is 13.9. The van der Waals surface area contributed by atoms with Gasteiger partial charge in [-0.05, 0) is 63.6 Å². The molecule has 0 bridgehead atoms. The Morgan fingerprint density at radius 2 is 2.00 bits per heavy atom. The molecular formula is C27H34N6O. The summed E-state index contributed by atoms with van der Waals surface area (Å²) < 4.78 is 3.97. The van der Waals surface area contributed by atoms with Crippen LogP contribution < -0.4 is 16.2 Å². The van der Waals surface area contributed by atoms with Gasteiger partial charge < -0.3 is 19.8 Å². The van der Waals surface area contributed by atoms with E-state index in [1.165, 1.54) is 5.56 Å². The van der Waals surface area contributed by atoms with Gasteiger partial charge in [0.15, 0.2) is 0 Å². The minimum absolute atomic E-state index is 0.00391. The summed E-state index contributed by atoms with van der Waals surface area (Å²) in [5.41, 5.74) is 13.1. The van der Waals surface area contributed by atoms with Gasteiger partial charge in [-0.2, -0.15) is 0 Å². The molecule has 2 N–H and O–H groups in total. The Morgan fingerprint density at radius 3 is 2.79 bits per heavy atom. The van der Waals surface area contributed by atoms with Crippen molar-refractivity contribution in [3.05, 3.63) is 63.6 Å². The van der Waals surface area contributed by atoms with E-state index in [-0.39, 0.29) is 11.6 Å². The number of aryl methyl sites for hydroxylation is 2. The fourth-order valence-corrected chi connectivity index (χ4v) is 5.21. The highest BCUT2D eigenvalue weighted by Crippen LogP contribution is 2.28. The fourth-order valence-electron chi connectivity index (χ4n) is 5.21. The molecular weight excluding hydrogens is 424 g/mol. The second-order valence-corrected chi connectivity index (χ2v) is 9.55. The number of para-hydroxylation sites is 1. The molecule has 0 radical (unpaired) electrons. The largest absolute Gasteiger partial charge is 0.341 e. The van der Waals surface area contributed by atoms with Gasteiger partial charge in [0.05, 0.1) is 12.2 Å². The monoisotopic (exact) mass is 458 g/mol. The number of rotatable bonds is 5. The Balaban J connectivity index is 1.63. The van der Waals surface area contributed by atoms with Crippen molar-refractivity contribution in [2.75, 3.05) is 18.0 Å². The van der Waals surface area contributed by atoms with Crippen LogP contribution in [0.15, 0.2) is 46.2 Å². The van der Waals surface area contributed by atoms with Gasteiger partial charge in [-0.15, -0.1) is 0 Å². The molecule has 1 fully saturated rings. The van der Waals surface area contributed by atoms with Crippen molar-refractivity contribution in [1.82, 2.24) is 14.1 Å². The van der Waals surface area contributed by atoms with E-state index in [4.69, 9.17) is 15.7 Å². The molecule has 2 aliphatic heterocycles. The van der Waals surface area contributed by atoms with Crippen LogP contribution in [0, 0.1) is 13.8 Å². The number of aliphatic imine (C=N–C) groups is 1. The zero-order valence-corrected chi connectivity index (χ0v) is 20.4. The number of piperidine rings is 1. The maximum absolute atomic E-state index is 13.9. The van der Waals surface area contributed by atoms with Crippen LogP contribution in [0.4, 0.5) is 11.6 Å². The van der Waals surface area contributed by atoms with Crippen molar-refractivity contribution >= 4 is 28.4 Å². The summed E-state index contributed by atoms with van der Waals surface area (Å²) in [5.74, 6) is 0.851. The molecule has 1 saturated heterocycles. The quantitative estimate of drug-likeness (QED) is 0.585. The highest BCUT2D eigenvalue weighted by Gasteiger charge is 2.26. The van der Waals surface area contributed by atoms with Gasteiger partial charge >= 0.3 is 0 Å². The third-order valence-corrected chi connectivity index (χ3v) is 7.26. The van der Waals surface area contributed by atoms with Crippen molar-refractivity contribution in [2.45, 2.75) is 65.6 Å². The van der Waals surface area contributed by atoms with Gasteiger partial charge in [0.25, 0.3) is 5.56 Å². The van der Waals surface area contributed by atoms with Crippen LogP contribution in [-0.2, 0) is 19.5 Å². The van der Waals surface area contributed by atoms with E-state index < -0.39 is 0 Å². The molecule has 7 heteroatoms. The number of anilines is 1. The minimum atomic E-state index is 0.00391. The lowest BCUT2D eigenvalue weighted by Crippen LogP contribution is -2.44. The van der Waals surface area contributed by atoms with Gasteiger partial charge in [-0.1, -0.05) is 30.4 Å². The van der Waals surface area contributed by atoms with Crippen molar-refractivity contribution in [2.24, 2.45) is 10.7 Å². The van der Waals surface area contributed by atoms with Crippen molar-refractivity contribution in [3.8, 4) is 0 Å². The molecule has 1 aromatic carbocycles. The summed E-state index contributed by atoms with van der Waals surface area (Å²) in [5, 5.41) is 0. The fraction of sp³-hybridized carbons (Fsp3) is 0.444. The van der Waals surface area contributed by atoms with E-state index in [1.807, 2.05) is 30.6 Å². The van der Waals surface area contributed by atoms with E-state index in [0.717, 1.165) is 72.9 Å². The summed E-state index contributed by atoms with van der Waals surface area (Å²) in [6.07, 6.45) is 8.00. The van der Waals surface area contributed by atoms with E-state index >= 15 is 0 Å². The standard InChI is InChI=1S/C27H34N6O/c1-4-5-15-32-25-24(30-27(32)31-14-8-10-21(28)16-31)18(2)19(3)33(26(25)34)17-22-13-12-20-9-6-7-11-23(20)29-22/h4-7,9,11,21H,8,10,12-17,28H2,1-3H3. The molecule has 3 aromatic rings. The second kappa shape index (κ2) is 9.22. The predicted octanol–water partition coefficient (Wildman–Crippen LogP) is 4.04. The second-order valence-electron chi connectivity index (χ2n) is 9.55. The van der Waals surface area contributed by atoms with Crippen LogP contribution in [-0.4, -0.2) is 39.0 Å². The van der Waals surface area contributed by atoms with Crippen molar-refractivity contribution in [3.63, 3.8) is 0 Å².